The lowest BCUT2D eigenvalue weighted by atomic mass is 10.2. The van der Waals surface area contributed by atoms with Crippen LogP contribution in [0.2, 0.25) is 0 Å². The lowest BCUT2D eigenvalue weighted by Crippen LogP contribution is -2.33. The Kier molecular flexibility index (Phi) is 5.91. The Bertz CT molecular complexity index is 734. The highest BCUT2D eigenvalue weighted by molar-refractivity contribution is 14.0. The number of ether oxygens (including phenoxy) is 2. The number of fused-ring (bicyclic) bond motifs is 1. The summed E-state index contributed by atoms with van der Waals surface area (Å²) in [5, 5.41) is 3.97. The fraction of sp³-hybridized carbons (Fsp3) is 0.188. The summed E-state index contributed by atoms with van der Waals surface area (Å²) in [6.45, 7) is 3.05. The van der Waals surface area contributed by atoms with Crippen LogP contribution in [-0.4, -0.2) is 18.9 Å². The van der Waals surface area contributed by atoms with E-state index in [9.17, 15) is 4.79 Å². The van der Waals surface area contributed by atoms with Gasteiger partial charge in [-0.1, -0.05) is 0 Å². The fourth-order valence-corrected chi connectivity index (χ4v) is 2.08. The van der Waals surface area contributed by atoms with Crippen molar-refractivity contribution >= 4 is 36.1 Å². The lowest BCUT2D eigenvalue weighted by Gasteiger charge is -2.00. The van der Waals surface area contributed by atoms with Gasteiger partial charge in [0.25, 0.3) is 5.91 Å². The van der Waals surface area contributed by atoms with Gasteiger partial charge < -0.3 is 9.47 Å². The molecule has 0 unspecified atom stereocenters. The van der Waals surface area contributed by atoms with Crippen molar-refractivity contribution in [2.75, 3.05) is 6.79 Å². The molecular weight excluding hydrogens is 409 g/mol. The Morgan fingerprint density at radius 3 is 3.00 bits per heavy atom. The maximum Gasteiger partial charge on any atom is 0.277 e. The van der Waals surface area contributed by atoms with Gasteiger partial charge in [-0.05, 0) is 36.8 Å². The van der Waals surface area contributed by atoms with Crippen LogP contribution in [-0.2, 0) is 6.54 Å². The van der Waals surface area contributed by atoms with Crippen LogP contribution in [0.5, 0.6) is 11.5 Å². The second-order valence-corrected chi connectivity index (χ2v) is 4.73. The topological polar surface area (TPSA) is 63.8 Å². The summed E-state index contributed by atoms with van der Waals surface area (Å²) in [6.07, 6.45) is 5.26. The summed E-state index contributed by atoms with van der Waals surface area (Å²) in [4.78, 5) is 12.0. The third-order valence-electron chi connectivity index (χ3n) is 3.26. The van der Waals surface area contributed by atoms with Crippen LogP contribution in [0.15, 0.2) is 47.8 Å². The van der Waals surface area contributed by atoms with E-state index in [1.165, 1.54) is 0 Å². The molecule has 7 heteroatoms. The molecule has 0 atom stereocenters. The zero-order valence-electron chi connectivity index (χ0n) is 12.6. The first-order valence-electron chi connectivity index (χ1n) is 6.98. The molecule has 2 aromatic rings. The van der Waals surface area contributed by atoms with Crippen molar-refractivity contribution in [1.82, 2.24) is 5.43 Å². The molecule has 1 amide bonds. The molecule has 1 aromatic carbocycles. The molecule has 0 fully saturated rings. The largest absolute Gasteiger partial charge is 0.454 e. The average molecular weight is 426 g/mol. The van der Waals surface area contributed by atoms with Crippen molar-refractivity contribution in [2.24, 2.45) is 5.10 Å². The summed E-state index contributed by atoms with van der Waals surface area (Å²) < 4.78 is 12.5. The van der Waals surface area contributed by atoms with Crippen LogP contribution >= 0.6 is 24.0 Å². The van der Waals surface area contributed by atoms with E-state index in [4.69, 9.17) is 9.47 Å². The average Bonchev–Trinajstić information content (AvgIpc) is 3.02. The van der Waals surface area contributed by atoms with Crippen molar-refractivity contribution in [3.05, 3.63) is 53.9 Å². The van der Waals surface area contributed by atoms with Gasteiger partial charge in [-0.3, -0.25) is 4.79 Å². The molecule has 120 valence electrons. The first-order valence-corrected chi connectivity index (χ1v) is 6.98. The Morgan fingerprint density at radius 2 is 2.17 bits per heavy atom. The van der Waals surface area contributed by atoms with Crippen molar-refractivity contribution in [2.45, 2.75) is 13.5 Å². The number of aromatic nitrogens is 1. The van der Waals surface area contributed by atoms with Gasteiger partial charge in [-0.25, -0.2) is 9.99 Å². The van der Waals surface area contributed by atoms with E-state index in [2.05, 4.69) is 10.5 Å². The normalized spacial score (nSPS) is 12.0. The molecule has 0 bridgehead atoms. The molecular formula is C16H17IN3O3+. The summed E-state index contributed by atoms with van der Waals surface area (Å²) in [7, 11) is 0. The molecule has 0 aliphatic carbocycles. The highest BCUT2D eigenvalue weighted by atomic mass is 127. The Hall–Kier alpha value is -2.16. The second-order valence-electron chi connectivity index (χ2n) is 4.73. The maximum atomic E-state index is 12.0. The third-order valence-corrected chi connectivity index (χ3v) is 3.26. The fourth-order valence-electron chi connectivity index (χ4n) is 2.08. The van der Waals surface area contributed by atoms with E-state index in [1.54, 1.807) is 18.5 Å². The number of aryl methyl sites for hydroxylation is 1. The molecule has 23 heavy (non-hydrogen) atoms. The van der Waals surface area contributed by atoms with Crippen molar-refractivity contribution in [1.29, 1.82) is 0 Å². The SMILES string of the molecule is CC[n+]1cccc(C(=O)N/N=C/c2ccc3c(c2)OCO3)c1.I. The van der Waals surface area contributed by atoms with E-state index in [0.717, 1.165) is 17.9 Å². The highest BCUT2D eigenvalue weighted by Crippen LogP contribution is 2.31. The van der Waals surface area contributed by atoms with E-state index < -0.39 is 0 Å². The summed E-state index contributed by atoms with van der Waals surface area (Å²) in [6, 6.07) is 9.05. The zero-order valence-corrected chi connectivity index (χ0v) is 14.9. The third kappa shape index (κ3) is 4.19. The molecule has 2 heterocycles. The number of hydrogen-bond donors (Lipinski definition) is 1. The number of nitrogens with one attached hydrogen (secondary N) is 1. The Morgan fingerprint density at radius 1 is 1.35 bits per heavy atom. The van der Waals surface area contributed by atoms with Gasteiger partial charge >= 0.3 is 0 Å². The van der Waals surface area contributed by atoms with E-state index in [1.807, 2.05) is 42.0 Å². The first-order chi connectivity index (χ1) is 10.8. The quantitative estimate of drug-likeness (QED) is 0.353. The van der Waals surface area contributed by atoms with Crippen LogP contribution in [0, 0.1) is 0 Å². The summed E-state index contributed by atoms with van der Waals surface area (Å²) in [5.74, 6) is 1.15. The molecule has 0 radical (unpaired) electrons. The number of nitrogens with zero attached hydrogens (tertiary/aromatic N) is 2. The van der Waals surface area contributed by atoms with Crippen LogP contribution in [0.4, 0.5) is 0 Å². The molecule has 1 aliphatic rings. The van der Waals surface area contributed by atoms with Gasteiger partial charge in [0.1, 0.15) is 12.1 Å². The Balaban J connectivity index is 0.00000192. The molecule has 1 aliphatic heterocycles. The van der Waals surface area contributed by atoms with Crippen LogP contribution < -0.4 is 19.5 Å². The number of rotatable bonds is 4. The van der Waals surface area contributed by atoms with Gasteiger partial charge in [-0.15, -0.1) is 24.0 Å². The molecule has 3 rings (SSSR count). The number of halogens is 1. The number of hydrazone groups is 1. The number of carbonyl (C=O) groups is 1. The van der Waals surface area contributed by atoms with Crippen LogP contribution in [0.3, 0.4) is 0 Å². The van der Waals surface area contributed by atoms with Crippen LogP contribution in [0.1, 0.15) is 22.8 Å². The molecule has 0 saturated carbocycles. The van der Waals surface area contributed by atoms with E-state index >= 15 is 0 Å². The second kappa shape index (κ2) is 7.91. The molecule has 6 nitrogen and oxygen atoms in total. The van der Waals surface area contributed by atoms with Crippen molar-refractivity contribution in [3.63, 3.8) is 0 Å². The number of pyridine rings is 1. The molecule has 0 saturated heterocycles. The van der Waals surface area contributed by atoms with Gasteiger partial charge in [0.15, 0.2) is 23.9 Å². The predicted molar refractivity (Wildman–Crippen MR) is 95.4 cm³/mol. The molecule has 1 N–H and O–H groups in total. The number of amides is 1. The van der Waals surface area contributed by atoms with Gasteiger partial charge in [0, 0.05) is 6.07 Å². The number of carbonyl (C=O) groups excluding carboxylic acids is 1. The van der Waals surface area contributed by atoms with E-state index in [0.29, 0.717) is 11.3 Å². The Labute approximate surface area is 151 Å². The van der Waals surface area contributed by atoms with Gasteiger partial charge in [-0.2, -0.15) is 5.10 Å². The predicted octanol–water partition coefficient (Wildman–Crippen LogP) is 2.10. The minimum absolute atomic E-state index is 0. The summed E-state index contributed by atoms with van der Waals surface area (Å²) in [5.41, 5.74) is 3.89. The van der Waals surface area contributed by atoms with Gasteiger partial charge in [0.2, 0.25) is 6.79 Å². The molecule has 1 aromatic heterocycles. The monoisotopic (exact) mass is 426 g/mol. The standard InChI is InChI=1S/C16H15N3O3.HI/c1-2-19-7-3-4-13(10-19)16(20)18-17-9-12-5-6-14-15(8-12)22-11-21-14;/h3-10H,2,11H2,1H3;1H/p+1/b17-9+;. The summed E-state index contributed by atoms with van der Waals surface area (Å²) >= 11 is 0. The van der Waals surface area contributed by atoms with Crippen molar-refractivity contribution < 1.29 is 18.8 Å². The minimum atomic E-state index is -0.250. The maximum absolute atomic E-state index is 12.0. The number of benzene rings is 1. The number of hydrogen-bond acceptors (Lipinski definition) is 4. The van der Waals surface area contributed by atoms with Crippen LogP contribution in [0.25, 0.3) is 0 Å². The lowest BCUT2D eigenvalue weighted by molar-refractivity contribution is -0.693. The minimum Gasteiger partial charge on any atom is -0.454 e. The smallest absolute Gasteiger partial charge is 0.277 e. The van der Waals surface area contributed by atoms with E-state index in [-0.39, 0.29) is 36.7 Å². The zero-order chi connectivity index (χ0) is 15.4. The highest BCUT2D eigenvalue weighted by Gasteiger charge is 2.12. The molecule has 0 spiro atoms. The van der Waals surface area contributed by atoms with Crippen molar-refractivity contribution in [3.8, 4) is 11.5 Å². The van der Waals surface area contributed by atoms with Gasteiger partial charge in [0.05, 0.1) is 6.21 Å². The first kappa shape index (κ1) is 17.2.